The van der Waals surface area contributed by atoms with Gasteiger partial charge in [-0.3, -0.25) is 18.7 Å². The number of hydrogen-bond acceptors (Lipinski definition) is 5. The Kier molecular flexibility index (Phi) is 4.65. The molecule has 1 spiro atoms. The van der Waals surface area contributed by atoms with Crippen LogP contribution in [0.25, 0.3) is 11.2 Å². The van der Waals surface area contributed by atoms with Crippen molar-refractivity contribution in [2.24, 2.45) is 19.5 Å². The Morgan fingerprint density at radius 3 is 2.54 bits per heavy atom. The number of nitrogens with zero attached hydrogens (tertiary/aromatic N) is 6. The van der Waals surface area contributed by atoms with Crippen LogP contribution in [0, 0.1) is 5.41 Å². The zero-order chi connectivity index (χ0) is 20.1. The number of rotatable bonds is 5. The van der Waals surface area contributed by atoms with Crippen molar-refractivity contribution in [1.29, 1.82) is 0 Å². The third-order valence-corrected chi connectivity index (χ3v) is 6.40. The molecule has 0 aromatic carbocycles. The molecule has 0 N–H and O–H groups in total. The van der Waals surface area contributed by atoms with E-state index in [4.69, 9.17) is 0 Å². The number of carbonyl (C=O) groups excluding carboxylic acids is 1. The van der Waals surface area contributed by atoms with Gasteiger partial charge in [-0.25, -0.2) is 9.78 Å². The predicted molar refractivity (Wildman–Crippen MR) is 105 cm³/mol. The molecule has 4 rings (SSSR count). The molecule has 1 atom stereocenters. The molecule has 9 heteroatoms. The Morgan fingerprint density at radius 1 is 1.04 bits per heavy atom. The fourth-order valence-corrected chi connectivity index (χ4v) is 4.72. The summed E-state index contributed by atoms with van der Waals surface area (Å²) < 4.78 is 4.34. The van der Waals surface area contributed by atoms with E-state index in [1.807, 2.05) is 9.47 Å². The maximum Gasteiger partial charge on any atom is 0.332 e. The van der Waals surface area contributed by atoms with Crippen LogP contribution in [0.4, 0.5) is 0 Å². The van der Waals surface area contributed by atoms with Gasteiger partial charge in [-0.15, -0.1) is 0 Å². The number of likely N-dealkylation sites (tertiary alicyclic amines) is 2. The standard InChI is InChI=1S/C19H28N6O3/c1-4-7-24-9-6-19(17(24)27)5-8-23(12-19)10-11-25-13-20-15-14(25)16(26)22(3)18(28)21(15)2/h13H,4-12H2,1-3H3. The topological polar surface area (TPSA) is 85.4 Å². The van der Waals surface area contributed by atoms with Crippen LogP contribution < -0.4 is 11.2 Å². The fraction of sp³-hybridized carbons (Fsp3) is 0.684. The Bertz CT molecular complexity index is 1030. The first-order chi connectivity index (χ1) is 13.4. The molecular formula is C19H28N6O3. The van der Waals surface area contributed by atoms with E-state index >= 15 is 0 Å². The number of fused-ring (bicyclic) bond motifs is 1. The SMILES string of the molecule is CCCN1CCC2(CCN(CCn3cnc4c3c(=O)n(C)c(=O)n4C)C2)C1=O. The number of carbonyl (C=O) groups is 1. The number of aromatic nitrogens is 4. The molecule has 0 radical (unpaired) electrons. The summed E-state index contributed by atoms with van der Waals surface area (Å²) in [4.78, 5) is 46.0. The van der Waals surface area contributed by atoms with Crippen LogP contribution in [-0.4, -0.2) is 67.1 Å². The van der Waals surface area contributed by atoms with E-state index in [1.54, 1.807) is 13.4 Å². The summed E-state index contributed by atoms with van der Waals surface area (Å²) in [6, 6.07) is 0. The van der Waals surface area contributed by atoms with E-state index in [2.05, 4.69) is 16.8 Å². The molecule has 152 valence electrons. The van der Waals surface area contributed by atoms with Crippen molar-refractivity contribution >= 4 is 17.1 Å². The highest BCUT2D eigenvalue weighted by molar-refractivity contribution is 5.85. The largest absolute Gasteiger partial charge is 0.342 e. The van der Waals surface area contributed by atoms with Gasteiger partial charge in [-0.1, -0.05) is 6.92 Å². The summed E-state index contributed by atoms with van der Waals surface area (Å²) in [6.45, 7) is 6.87. The van der Waals surface area contributed by atoms with E-state index in [-0.39, 0.29) is 16.7 Å². The number of hydrogen-bond donors (Lipinski definition) is 0. The third-order valence-electron chi connectivity index (χ3n) is 6.40. The second-order valence-electron chi connectivity index (χ2n) is 8.16. The highest BCUT2D eigenvalue weighted by atomic mass is 16.2. The molecule has 1 unspecified atom stereocenters. The average Bonchev–Trinajstić information content (AvgIpc) is 3.37. The maximum atomic E-state index is 12.8. The summed E-state index contributed by atoms with van der Waals surface area (Å²) in [5, 5.41) is 0. The Labute approximate surface area is 163 Å². The summed E-state index contributed by atoms with van der Waals surface area (Å²) >= 11 is 0. The fourth-order valence-electron chi connectivity index (χ4n) is 4.72. The lowest BCUT2D eigenvalue weighted by Gasteiger charge is -2.23. The van der Waals surface area contributed by atoms with Gasteiger partial charge in [0.1, 0.15) is 0 Å². The van der Waals surface area contributed by atoms with Crippen LogP contribution in [0.1, 0.15) is 26.2 Å². The Balaban J connectivity index is 1.49. The normalized spacial score (nSPS) is 23.0. The molecule has 0 saturated carbocycles. The third kappa shape index (κ3) is 2.80. The van der Waals surface area contributed by atoms with Gasteiger partial charge < -0.3 is 14.4 Å². The molecule has 2 saturated heterocycles. The maximum absolute atomic E-state index is 12.8. The minimum atomic E-state index is -0.374. The van der Waals surface area contributed by atoms with E-state index in [1.165, 1.54) is 11.6 Å². The van der Waals surface area contributed by atoms with Crippen molar-refractivity contribution in [3.63, 3.8) is 0 Å². The first-order valence-electron chi connectivity index (χ1n) is 10.0. The number of amides is 1. The van der Waals surface area contributed by atoms with Crippen molar-refractivity contribution in [2.75, 3.05) is 32.7 Å². The van der Waals surface area contributed by atoms with Crippen LogP contribution in [0.5, 0.6) is 0 Å². The minimum absolute atomic E-state index is 0.216. The van der Waals surface area contributed by atoms with Crippen LogP contribution in [0.3, 0.4) is 0 Å². The van der Waals surface area contributed by atoms with Crippen molar-refractivity contribution in [1.82, 2.24) is 28.5 Å². The molecule has 1 amide bonds. The second kappa shape index (κ2) is 6.88. The van der Waals surface area contributed by atoms with Gasteiger partial charge in [-0.2, -0.15) is 0 Å². The van der Waals surface area contributed by atoms with Crippen LogP contribution in [-0.2, 0) is 25.4 Å². The van der Waals surface area contributed by atoms with Gasteiger partial charge in [0.25, 0.3) is 5.56 Å². The molecule has 4 heterocycles. The van der Waals surface area contributed by atoms with Gasteiger partial charge >= 0.3 is 5.69 Å². The highest BCUT2D eigenvalue weighted by Gasteiger charge is 2.50. The Morgan fingerprint density at radius 2 is 1.79 bits per heavy atom. The molecule has 28 heavy (non-hydrogen) atoms. The number of imidazole rings is 1. The molecule has 2 aromatic heterocycles. The number of aryl methyl sites for hydroxylation is 1. The second-order valence-corrected chi connectivity index (χ2v) is 8.16. The molecule has 2 aliphatic rings. The van der Waals surface area contributed by atoms with Crippen LogP contribution in [0.2, 0.25) is 0 Å². The first kappa shape index (κ1) is 18.9. The van der Waals surface area contributed by atoms with Crippen molar-refractivity contribution < 1.29 is 4.79 Å². The monoisotopic (exact) mass is 388 g/mol. The molecule has 2 fully saturated rings. The van der Waals surface area contributed by atoms with E-state index in [0.717, 1.165) is 56.6 Å². The van der Waals surface area contributed by atoms with Crippen molar-refractivity contribution in [3.8, 4) is 0 Å². The lowest BCUT2D eigenvalue weighted by atomic mass is 9.85. The smallest absolute Gasteiger partial charge is 0.332 e. The predicted octanol–water partition coefficient (Wildman–Crippen LogP) is -0.232. The summed E-state index contributed by atoms with van der Waals surface area (Å²) in [7, 11) is 3.11. The molecule has 0 aliphatic carbocycles. The first-order valence-corrected chi connectivity index (χ1v) is 10.0. The zero-order valence-corrected chi connectivity index (χ0v) is 16.8. The quantitative estimate of drug-likeness (QED) is 0.706. The molecule has 9 nitrogen and oxygen atoms in total. The molecule has 2 aliphatic heterocycles. The van der Waals surface area contributed by atoms with E-state index < -0.39 is 0 Å². The van der Waals surface area contributed by atoms with Gasteiger partial charge in [0.15, 0.2) is 11.2 Å². The molecule has 0 bridgehead atoms. The Hall–Kier alpha value is -2.42. The minimum Gasteiger partial charge on any atom is -0.342 e. The van der Waals surface area contributed by atoms with Gasteiger partial charge in [0.2, 0.25) is 5.91 Å². The highest BCUT2D eigenvalue weighted by Crippen LogP contribution is 2.40. The lowest BCUT2D eigenvalue weighted by molar-refractivity contribution is -0.135. The summed E-state index contributed by atoms with van der Waals surface area (Å²) in [5.74, 6) is 0.314. The summed E-state index contributed by atoms with van der Waals surface area (Å²) in [5.41, 5.74) is -0.0568. The molecule has 2 aromatic rings. The van der Waals surface area contributed by atoms with E-state index in [0.29, 0.717) is 23.6 Å². The van der Waals surface area contributed by atoms with Crippen LogP contribution >= 0.6 is 0 Å². The van der Waals surface area contributed by atoms with Gasteiger partial charge in [0.05, 0.1) is 11.7 Å². The van der Waals surface area contributed by atoms with Gasteiger partial charge in [-0.05, 0) is 25.8 Å². The van der Waals surface area contributed by atoms with Crippen molar-refractivity contribution in [3.05, 3.63) is 27.2 Å². The summed E-state index contributed by atoms with van der Waals surface area (Å²) in [6.07, 6.45) is 4.48. The van der Waals surface area contributed by atoms with Crippen LogP contribution in [0.15, 0.2) is 15.9 Å². The van der Waals surface area contributed by atoms with Crippen molar-refractivity contribution in [2.45, 2.75) is 32.7 Å². The lowest BCUT2D eigenvalue weighted by Crippen LogP contribution is -2.38. The van der Waals surface area contributed by atoms with E-state index in [9.17, 15) is 14.4 Å². The molecular weight excluding hydrogens is 360 g/mol. The average molecular weight is 388 g/mol. The van der Waals surface area contributed by atoms with Gasteiger partial charge in [0, 0.05) is 46.8 Å². The zero-order valence-electron chi connectivity index (χ0n) is 16.8.